The Morgan fingerprint density at radius 1 is 1.11 bits per heavy atom. The molecule has 1 atom stereocenters. The molecule has 0 aromatic heterocycles. The maximum Gasteiger partial charge on any atom is 0.191 e. The summed E-state index contributed by atoms with van der Waals surface area (Å²) in [5, 5.41) is 0. The van der Waals surface area contributed by atoms with Crippen LogP contribution in [-0.4, -0.2) is 30.5 Å². The molecule has 1 saturated carbocycles. The first-order chi connectivity index (χ1) is 8.65. The quantitative estimate of drug-likeness (QED) is 0.605. The Bertz CT molecular complexity index is 279. The van der Waals surface area contributed by atoms with E-state index < -0.39 is 0 Å². The van der Waals surface area contributed by atoms with Crippen molar-refractivity contribution in [2.24, 2.45) is 28.5 Å². The number of rotatable bonds is 2. The molecule has 0 amide bonds. The van der Waals surface area contributed by atoms with Crippen LogP contribution in [0.25, 0.3) is 0 Å². The minimum absolute atomic E-state index is 0.767. The molecule has 0 aromatic rings. The number of hydrogen-bond acceptors (Lipinski definition) is 1. The summed E-state index contributed by atoms with van der Waals surface area (Å²) in [7, 11) is 0. The van der Waals surface area contributed by atoms with Gasteiger partial charge in [0.05, 0.1) is 0 Å². The number of likely N-dealkylation sites (tertiary alicyclic amines) is 1. The van der Waals surface area contributed by atoms with Crippen LogP contribution in [0.2, 0.25) is 0 Å². The van der Waals surface area contributed by atoms with Gasteiger partial charge in [-0.1, -0.05) is 26.7 Å². The smallest absolute Gasteiger partial charge is 0.191 e. The molecule has 1 aliphatic carbocycles. The van der Waals surface area contributed by atoms with Crippen molar-refractivity contribution in [1.29, 1.82) is 0 Å². The van der Waals surface area contributed by atoms with E-state index >= 15 is 0 Å². The molecule has 1 aliphatic heterocycles. The number of nitrogens with zero attached hydrogens (tertiary/aromatic N) is 2. The Kier molecular flexibility index (Phi) is 4.90. The summed E-state index contributed by atoms with van der Waals surface area (Å²) in [5.74, 6) is 3.26. The third-order valence-electron chi connectivity index (χ3n) is 4.63. The zero-order chi connectivity index (χ0) is 13.0. The second kappa shape index (κ2) is 6.44. The van der Waals surface area contributed by atoms with E-state index in [2.05, 4.69) is 23.7 Å². The molecule has 0 radical (unpaired) electrons. The molecular weight excluding hydrogens is 222 g/mol. The summed E-state index contributed by atoms with van der Waals surface area (Å²) in [6.07, 6.45) is 8.03. The van der Waals surface area contributed by atoms with Gasteiger partial charge in [0.15, 0.2) is 5.96 Å². The average molecular weight is 251 g/mol. The maximum atomic E-state index is 6.13. The van der Waals surface area contributed by atoms with Crippen LogP contribution in [0.3, 0.4) is 0 Å². The molecule has 104 valence electrons. The minimum atomic E-state index is 0.767. The van der Waals surface area contributed by atoms with E-state index in [1.54, 1.807) is 0 Å². The number of aliphatic imine (C=N–C) groups is 1. The van der Waals surface area contributed by atoms with Gasteiger partial charge in [-0.25, -0.2) is 0 Å². The Hall–Kier alpha value is -0.730. The van der Waals surface area contributed by atoms with Crippen molar-refractivity contribution in [1.82, 2.24) is 4.90 Å². The van der Waals surface area contributed by atoms with Gasteiger partial charge in [0.1, 0.15) is 0 Å². The van der Waals surface area contributed by atoms with E-state index in [9.17, 15) is 0 Å². The normalized spacial score (nSPS) is 34.7. The van der Waals surface area contributed by atoms with Crippen molar-refractivity contribution in [3.8, 4) is 0 Å². The summed E-state index contributed by atoms with van der Waals surface area (Å²) in [6, 6.07) is 0. The molecule has 0 aromatic carbocycles. The second-order valence-electron chi connectivity index (χ2n) is 6.52. The van der Waals surface area contributed by atoms with Crippen molar-refractivity contribution in [2.75, 3.05) is 19.6 Å². The first-order valence-corrected chi connectivity index (χ1v) is 7.70. The number of hydrogen-bond donors (Lipinski definition) is 1. The molecule has 0 spiro atoms. The standard InChI is InChI=1S/C15H29N3/c1-12-5-7-14(8-6-12)10-17-15(16)18-9-3-4-13(2)11-18/h12-14H,3-11H2,1-2H3,(H2,16,17). The lowest BCUT2D eigenvalue weighted by molar-refractivity contribution is 0.267. The zero-order valence-corrected chi connectivity index (χ0v) is 12.1. The summed E-state index contributed by atoms with van der Waals surface area (Å²) >= 11 is 0. The van der Waals surface area contributed by atoms with Crippen molar-refractivity contribution in [3.63, 3.8) is 0 Å². The van der Waals surface area contributed by atoms with E-state index in [-0.39, 0.29) is 0 Å². The highest BCUT2D eigenvalue weighted by Crippen LogP contribution is 2.28. The fourth-order valence-corrected chi connectivity index (χ4v) is 3.23. The third kappa shape index (κ3) is 3.89. The van der Waals surface area contributed by atoms with Gasteiger partial charge in [-0.05, 0) is 43.4 Å². The van der Waals surface area contributed by atoms with Gasteiger partial charge in [0.2, 0.25) is 0 Å². The highest BCUT2D eigenvalue weighted by atomic mass is 15.3. The highest BCUT2D eigenvalue weighted by Gasteiger charge is 2.20. The molecule has 0 bridgehead atoms. The first-order valence-electron chi connectivity index (χ1n) is 7.70. The Balaban J connectivity index is 1.77. The van der Waals surface area contributed by atoms with Gasteiger partial charge in [-0.2, -0.15) is 0 Å². The van der Waals surface area contributed by atoms with Gasteiger partial charge in [-0.15, -0.1) is 0 Å². The van der Waals surface area contributed by atoms with E-state index in [0.717, 1.165) is 43.3 Å². The summed E-state index contributed by atoms with van der Waals surface area (Å²) < 4.78 is 0. The van der Waals surface area contributed by atoms with Crippen LogP contribution in [0.5, 0.6) is 0 Å². The molecule has 3 heteroatoms. The predicted octanol–water partition coefficient (Wildman–Crippen LogP) is 2.86. The van der Waals surface area contributed by atoms with Crippen LogP contribution in [0.1, 0.15) is 52.4 Å². The molecule has 1 heterocycles. The van der Waals surface area contributed by atoms with Crippen LogP contribution in [0.4, 0.5) is 0 Å². The topological polar surface area (TPSA) is 41.6 Å². The van der Waals surface area contributed by atoms with E-state index in [1.165, 1.54) is 38.5 Å². The van der Waals surface area contributed by atoms with Crippen LogP contribution in [0, 0.1) is 17.8 Å². The molecule has 2 N–H and O–H groups in total. The predicted molar refractivity (Wildman–Crippen MR) is 77.6 cm³/mol. The van der Waals surface area contributed by atoms with Crippen molar-refractivity contribution in [3.05, 3.63) is 0 Å². The van der Waals surface area contributed by atoms with Gasteiger partial charge in [-0.3, -0.25) is 4.99 Å². The molecule has 2 rings (SSSR count). The molecule has 1 saturated heterocycles. The van der Waals surface area contributed by atoms with E-state index in [4.69, 9.17) is 5.73 Å². The highest BCUT2D eigenvalue weighted by molar-refractivity contribution is 5.78. The SMILES string of the molecule is CC1CCC(CN=C(N)N2CCCC(C)C2)CC1. The lowest BCUT2D eigenvalue weighted by Gasteiger charge is -2.32. The first kappa shape index (κ1) is 13.7. The molecule has 3 nitrogen and oxygen atoms in total. The molecule has 2 fully saturated rings. The van der Waals surface area contributed by atoms with Gasteiger partial charge < -0.3 is 10.6 Å². The maximum absolute atomic E-state index is 6.13. The van der Waals surface area contributed by atoms with Crippen molar-refractivity contribution < 1.29 is 0 Å². The summed E-state index contributed by atoms with van der Waals surface area (Å²) in [5.41, 5.74) is 6.13. The third-order valence-corrected chi connectivity index (χ3v) is 4.63. The Labute approximate surface area is 112 Å². The molecule has 18 heavy (non-hydrogen) atoms. The van der Waals surface area contributed by atoms with E-state index in [0.29, 0.717) is 0 Å². The fraction of sp³-hybridized carbons (Fsp3) is 0.933. The molecule has 2 aliphatic rings. The average Bonchev–Trinajstić information content (AvgIpc) is 2.38. The minimum Gasteiger partial charge on any atom is -0.370 e. The van der Waals surface area contributed by atoms with Gasteiger partial charge in [0.25, 0.3) is 0 Å². The number of piperidine rings is 1. The van der Waals surface area contributed by atoms with Crippen LogP contribution >= 0.6 is 0 Å². The summed E-state index contributed by atoms with van der Waals surface area (Å²) in [6.45, 7) is 7.81. The van der Waals surface area contributed by atoms with Crippen molar-refractivity contribution >= 4 is 5.96 Å². The largest absolute Gasteiger partial charge is 0.370 e. The summed E-state index contributed by atoms with van der Waals surface area (Å²) in [4.78, 5) is 6.93. The molecule has 1 unspecified atom stereocenters. The van der Waals surface area contributed by atoms with E-state index in [1.807, 2.05) is 0 Å². The fourth-order valence-electron chi connectivity index (χ4n) is 3.23. The lowest BCUT2D eigenvalue weighted by atomic mass is 9.83. The van der Waals surface area contributed by atoms with Gasteiger partial charge in [0, 0.05) is 19.6 Å². The number of nitrogens with two attached hydrogens (primary N) is 1. The monoisotopic (exact) mass is 251 g/mol. The lowest BCUT2D eigenvalue weighted by Crippen LogP contribution is -2.43. The zero-order valence-electron chi connectivity index (χ0n) is 12.1. The van der Waals surface area contributed by atoms with Crippen LogP contribution < -0.4 is 5.73 Å². The van der Waals surface area contributed by atoms with Crippen LogP contribution in [0.15, 0.2) is 4.99 Å². The second-order valence-corrected chi connectivity index (χ2v) is 6.52. The van der Waals surface area contributed by atoms with Crippen LogP contribution in [-0.2, 0) is 0 Å². The number of guanidine groups is 1. The van der Waals surface area contributed by atoms with Gasteiger partial charge >= 0.3 is 0 Å². The Morgan fingerprint density at radius 3 is 2.50 bits per heavy atom. The Morgan fingerprint density at radius 2 is 1.83 bits per heavy atom. The van der Waals surface area contributed by atoms with Crippen molar-refractivity contribution in [2.45, 2.75) is 52.4 Å². The molecular formula is C15H29N3.